The Kier molecular flexibility index (Phi) is 7.31. The van der Waals surface area contributed by atoms with E-state index in [4.69, 9.17) is 11.6 Å². The van der Waals surface area contributed by atoms with Crippen LogP contribution in [0, 0.1) is 12.8 Å². The Morgan fingerprint density at radius 2 is 2.07 bits per heavy atom. The Morgan fingerprint density at radius 3 is 2.89 bits per heavy atom. The Labute approximate surface area is 167 Å². The van der Waals surface area contributed by atoms with Crippen molar-refractivity contribution in [3.8, 4) is 0 Å². The molecule has 27 heavy (non-hydrogen) atoms. The zero-order valence-electron chi connectivity index (χ0n) is 16.1. The SMILES string of the molecule is Cc1cccc(CCCNC(=O)[C@H]2CCCN(Cc3ccccc3Cl)C2)c1. The Bertz CT molecular complexity index is 762. The van der Waals surface area contributed by atoms with Gasteiger partial charge in [0.15, 0.2) is 0 Å². The van der Waals surface area contributed by atoms with Crippen molar-refractivity contribution < 1.29 is 4.79 Å². The lowest BCUT2D eigenvalue weighted by atomic mass is 9.96. The standard InChI is InChI=1S/C23H29ClN2O/c1-18-7-4-8-19(15-18)9-5-13-25-23(27)21-11-6-14-26(17-21)16-20-10-2-3-12-22(20)24/h2-4,7-8,10,12,15,21H,5-6,9,11,13-14,16-17H2,1H3,(H,25,27)/t21-/m0/s1. The van der Waals surface area contributed by atoms with E-state index in [9.17, 15) is 4.79 Å². The van der Waals surface area contributed by atoms with Crippen LogP contribution in [-0.2, 0) is 17.8 Å². The van der Waals surface area contributed by atoms with Crippen LogP contribution in [0.25, 0.3) is 0 Å². The average Bonchev–Trinajstić information content (AvgIpc) is 2.67. The van der Waals surface area contributed by atoms with Gasteiger partial charge in [0.25, 0.3) is 0 Å². The predicted molar refractivity (Wildman–Crippen MR) is 112 cm³/mol. The Balaban J connectivity index is 1.42. The molecule has 4 heteroatoms. The van der Waals surface area contributed by atoms with E-state index in [1.165, 1.54) is 11.1 Å². The van der Waals surface area contributed by atoms with Crippen molar-refractivity contribution >= 4 is 17.5 Å². The van der Waals surface area contributed by atoms with Crippen molar-refractivity contribution in [1.29, 1.82) is 0 Å². The van der Waals surface area contributed by atoms with Crippen LogP contribution in [0.15, 0.2) is 48.5 Å². The fraction of sp³-hybridized carbons (Fsp3) is 0.435. The number of likely N-dealkylation sites (tertiary alicyclic amines) is 1. The highest BCUT2D eigenvalue weighted by Gasteiger charge is 2.25. The molecule has 1 atom stereocenters. The molecular weight excluding hydrogens is 356 g/mol. The van der Waals surface area contributed by atoms with E-state index >= 15 is 0 Å². The number of carbonyl (C=O) groups excluding carboxylic acids is 1. The van der Waals surface area contributed by atoms with E-state index in [0.717, 1.165) is 62.4 Å². The van der Waals surface area contributed by atoms with Crippen molar-refractivity contribution in [2.45, 2.75) is 39.2 Å². The van der Waals surface area contributed by atoms with Crippen molar-refractivity contribution in [1.82, 2.24) is 10.2 Å². The molecule has 0 aromatic heterocycles. The summed E-state index contributed by atoms with van der Waals surface area (Å²) in [5, 5.41) is 3.95. The van der Waals surface area contributed by atoms with Crippen LogP contribution in [-0.4, -0.2) is 30.4 Å². The summed E-state index contributed by atoms with van der Waals surface area (Å²) in [5.41, 5.74) is 3.77. The lowest BCUT2D eigenvalue weighted by Gasteiger charge is -2.32. The van der Waals surface area contributed by atoms with Crippen LogP contribution in [0.1, 0.15) is 36.0 Å². The molecule has 1 fully saturated rings. The van der Waals surface area contributed by atoms with Crippen LogP contribution in [0.5, 0.6) is 0 Å². The number of carbonyl (C=O) groups is 1. The maximum absolute atomic E-state index is 12.6. The van der Waals surface area contributed by atoms with E-state index in [0.29, 0.717) is 0 Å². The number of piperidine rings is 1. The van der Waals surface area contributed by atoms with Crippen molar-refractivity contribution in [3.05, 3.63) is 70.2 Å². The third-order valence-corrected chi connectivity index (χ3v) is 5.62. The highest BCUT2D eigenvalue weighted by molar-refractivity contribution is 6.31. The predicted octanol–water partition coefficient (Wildman–Crippen LogP) is 4.61. The monoisotopic (exact) mass is 384 g/mol. The van der Waals surface area contributed by atoms with Crippen LogP contribution in [0.4, 0.5) is 0 Å². The fourth-order valence-corrected chi connectivity index (χ4v) is 3.99. The molecular formula is C23H29ClN2O. The number of hydrogen-bond donors (Lipinski definition) is 1. The summed E-state index contributed by atoms with van der Waals surface area (Å²) in [6.45, 7) is 5.52. The van der Waals surface area contributed by atoms with E-state index in [-0.39, 0.29) is 11.8 Å². The normalized spacial score (nSPS) is 17.6. The first-order chi connectivity index (χ1) is 13.1. The zero-order chi connectivity index (χ0) is 19.1. The van der Waals surface area contributed by atoms with Gasteiger partial charge in [-0.1, -0.05) is 59.6 Å². The summed E-state index contributed by atoms with van der Waals surface area (Å²) < 4.78 is 0. The number of aryl methyl sites for hydroxylation is 2. The summed E-state index contributed by atoms with van der Waals surface area (Å²) >= 11 is 6.28. The highest BCUT2D eigenvalue weighted by Crippen LogP contribution is 2.22. The van der Waals surface area contributed by atoms with E-state index in [1.807, 2.05) is 18.2 Å². The largest absolute Gasteiger partial charge is 0.356 e. The van der Waals surface area contributed by atoms with Crippen molar-refractivity contribution in [2.75, 3.05) is 19.6 Å². The molecule has 2 aromatic carbocycles. The van der Waals surface area contributed by atoms with Gasteiger partial charge in [-0.05, 0) is 56.3 Å². The van der Waals surface area contributed by atoms with Crippen molar-refractivity contribution in [3.63, 3.8) is 0 Å². The number of halogens is 1. The molecule has 3 rings (SSSR count). The molecule has 0 saturated carbocycles. The minimum Gasteiger partial charge on any atom is -0.356 e. The average molecular weight is 385 g/mol. The number of rotatable bonds is 7. The number of amides is 1. The van der Waals surface area contributed by atoms with Crippen LogP contribution in [0.2, 0.25) is 5.02 Å². The number of hydrogen-bond acceptors (Lipinski definition) is 2. The Morgan fingerprint density at radius 1 is 1.22 bits per heavy atom. The summed E-state index contributed by atoms with van der Waals surface area (Å²) in [4.78, 5) is 14.9. The molecule has 0 aliphatic carbocycles. The maximum Gasteiger partial charge on any atom is 0.224 e. The van der Waals surface area contributed by atoms with E-state index < -0.39 is 0 Å². The quantitative estimate of drug-likeness (QED) is 0.707. The van der Waals surface area contributed by atoms with Gasteiger partial charge in [0.1, 0.15) is 0 Å². The third kappa shape index (κ3) is 6.08. The lowest BCUT2D eigenvalue weighted by molar-refractivity contribution is -0.126. The molecule has 0 radical (unpaired) electrons. The highest BCUT2D eigenvalue weighted by atomic mass is 35.5. The lowest BCUT2D eigenvalue weighted by Crippen LogP contribution is -2.43. The molecule has 1 amide bonds. The molecule has 1 saturated heterocycles. The van der Waals surface area contributed by atoms with Gasteiger partial charge in [-0.25, -0.2) is 0 Å². The first-order valence-electron chi connectivity index (χ1n) is 9.91. The minimum atomic E-state index is 0.0835. The van der Waals surface area contributed by atoms with Crippen LogP contribution in [0.3, 0.4) is 0 Å². The minimum absolute atomic E-state index is 0.0835. The molecule has 0 spiro atoms. The molecule has 0 bridgehead atoms. The second kappa shape index (κ2) is 9.91. The molecule has 3 nitrogen and oxygen atoms in total. The van der Waals surface area contributed by atoms with E-state index in [2.05, 4.69) is 47.5 Å². The molecule has 1 aliphatic rings. The third-order valence-electron chi connectivity index (χ3n) is 5.25. The number of nitrogens with one attached hydrogen (secondary N) is 1. The van der Waals surface area contributed by atoms with Crippen LogP contribution >= 0.6 is 11.6 Å². The molecule has 1 N–H and O–H groups in total. The van der Waals surface area contributed by atoms with Gasteiger partial charge in [-0.2, -0.15) is 0 Å². The fourth-order valence-electron chi connectivity index (χ4n) is 3.80. The van der Waals surface area contributed by atoms with E-state index in [1.54, 1.807) is 0 Å². The summed E-state index contributed by atoms with van der Waals surface area (Å²) in [5.74, 6) is 0.281. The summed E-state index contributed by atoms with van der Waals surface area (Å²) in [6.07, 6.45) is 4.02. The van der Waals surface area contributed by atoms with Gasteiger partial charge in [-0.15, -0.1) is 0 Å². The molecule has 2 aromatic rings. The molecule has 1 aliphatic heterocycles. The van der Waals surface area contributed by atoms with Crippen molar-refractivity contribution in [2.24, 2.45) is 5.92 Å². The van der Waals surface area contributed by atoms with Crippen LogP contribution < -0.4 is 5.32 Å². The molecule has 0 unspecified atom stereocenters. The smallest absolute Gasteiger partial charge is 0.224 e. The second-order valence-corrected chi connectivity index (χ2v) is 7.96. The Hall–Kier alpha value is -1.84. The summed E-state index contributed by atoms with van der Waals surface area (Å²) in [6, 6.07) is 16.6. The summed E-state index contributed by atoms with van der Waals surface area (Å²) in [7, 11) is 0. The van der Waals surface area contributed by atoms with Gasteiger partial charge < -0.3 is 5.32 Å². The van der Waals surface area contributed by atoms with Gasteiger partial charge in [0.2, 0.25) is 5.91 Å². The second-order valence-electron chi connectivity index (χ2n) is 7.55. The van der Waals surface area contributed by atoms with Gasteiger partial charge in [0.05, 0.1) is 5.92 Å². The number of nitrogens with zero attached hydrogens (tertiary/aromatic N) is 1. The first kappa shape index (κ1) is 19.9. The molecule has 144 valence electrons. The number of benzene rings is 2. The molecule has 1 heterocycles. The van der Waals surface area contributed by atoms with Gasteiger partial charge in [-0.3, -0.25) is 9.69 Å². The maximum atomic E-state index is 12.6. The zero-order valence-corrected chi connectivity index (χ0v) is 16.8. The van der Waals surface area contributed by atoms with Gasteiger partial charge in [0, 0.05) is 24.7 Å². The first-order valence-corrected chi connectivity index (χ1v) is 10.3. The topological polar surface area (TPSA) is 32.3 Å². The van der Waals surface area contributed by atoms with Gasteiger partial charge >= 0.3 is 0 Å².